The minimum Gasteiger partial charge on any atom is -0.328 e. The average Bonchev–Trinajstić information content (AvgIpc) is 1.81. The highest BCUT2D eigenvalue weighted by Gasteiger charge is 2.35. The smallest absolute Gasteiger partial charge is 0.153 e. The van der Waals surface area contributed by atoms with Crippen molar-refractivity contribution in [1.82, 2.24) is 0 Å². The molecule has 0 heterocycles. The molecular formula is C6H14ClNO2S. The van der Waals surface area contributed by atoms with Crippen LogP contribution in [-0.4, -0.2) is 25.5 Å². The third-order valence-electron chi connectivity index (χ3n) is 2.04. The van der Waals surface area contributed by atoms with E-state index in [1.165, 1.54) is 0 Å². The minimum atomic E-state index is -2.77. The van der Waals surface area contributed by atoms with Gasteiger partial charge in [-0.3, -0.25) is 0 Å². The predicted molar refractivity (Wildman–Crippen MR) is 47.7 cm³/mol. The zero-order chi connectivity index (χ0) is 7.78. The fourth-order valence-corrected chi connectivity index (χ4v) is 2.69. The lowest BCUT2D eigenvalue weighted by Gasteiger charge is -2.31. The van der Waals surface area contributed by atoms with Gasteiger partial charge in [-0.25, -0.2) is 8.42 Å². The zero-order valence-electron chi connectivity index (χ0n) is 6.49. The summed E-state index contributed by atoms with van der Waals surface area (Å²) in [6.07, 6.45) is 1.33. The van der Waals surface area contributed by atoms with Crippen LogP contribution < -0.4 is 5.73 Å². The molecule has 1 fully saturated rings. The van der Waals surface area contributed by atoms with E-state index in [0.717, 1.165) is 0 Å². The number of rotatable bonds is 2. The van der Waals surface area contributed by atoms with Crippen LogP contribution >= 0.6 is 12.4 Å². The van der Waals surface area contributed by atoms with Gasteiger partial charge < -0.3 is 5.73 Å². The lowest BCUT2D eigenvalue weighted by Crippen LogP contribution is -2.45. The van der Waals surface area contributed by atoms with Gasteiger partial charge in [-0.05, 0) is 12.8 Å². The SMILES string of the molecule is CCS(=O)(=O)C1CC(N)C1.Cl. The van der Waals surface area contributed by atoms with E-state index < -0.39 is 9.84 Å². The summed E-state index contributed by atoms with van der Waals surface area (Å²) < 4.78 is 22.1. The second kappa shape index (κ2) is 3.74. The molecule has 0 aromatic heterocycles. The van der Waals surface area contributed by atoms with Gasteiger partial charge in [-0.1, -0.05) is 6.92 Å². The van der Waals surface area contributed by atoms with Crippen molar-refractivity contribution in [2.75, 3.05) is 5.75 Å². The van der Waals surface area contributed by atoms with Crippen LogP contribution in [0, 0.1) is 0 Å². The van der Waals surface area contributed by atoms with Crippen LogP contribution in [0.2, 0.25) is 0 Å². The van der Waals surface area contributed by atoms with Crippen LogP contribution in [0.5, 0.6) is 0 Å². The highest BCUT2D eigenvalue weighted by atomic mass is 35.5. The lowest BCUT2D eigenvalue weighted by atomic mass is 9.94. The number of hydrogen-bond acceptors (Lipinski definition) is 3. The predicted octanol–water partition coefficient (Wildman–Crippen LogP) is 0.333. The lowest BCUT2D eigenvalue weighted by molar-refractivity contribution is 0.409. The van der Waals surface area contributed by atoms with Crippen LogP contribution in [0.4, 0.5) is 0 Å². The molecule has 0 radical (unpaired) electrons. The summed E-state index contributed by atoms with van der Waals surface area (Å²) in [7, 11) is -2.77. The van der Waals surface area contributed by atoms with E-state index in [1.54, 1.807) is 6.92 Å². The molecule has 0 saturated heterocycles. The average molecular weight is 200 g/mol. The van der Waals surface area contributed by atoms with Crippen LogP contribution in [0.3, 0.4) is 0 Å². The van der Waals surface area contributed by atoms with Crippen LogP contribution in [0.1, 0.15) is 19.8 Å². The van der Waals surface area contributed by atoms with Gasteiger partial charge in [0.2, 0.25) is 0 Å². The minimum absolute atomic E-state index is 0. The summed E-state index contributed by atoms with van der Waals surface area (Å²) in [4.78, 5) is 0. The molecule has 68 valence electrons. The first-order valence-electron chi connectivity index (χ1n) is 3.53. The molecule has 0 spiro atoms. The molecule has 1 saturated carbocycles. The standard InChI is InChI=1S/C6H13NO2S.ClH/c1-2-10(8,9)6-3-5(7)4-6;/h5-6H,2-4,7H2,1H3;1H. The van der Waals surface area contributed by atoms with Gasteiger partial charge in [0.1, 0.15) is 0 Å². The van der Waals surface area contributed by atoms with Crippen LogP contribution in [0.15, 0.2) is 0 Å². The number of nitrogens with two attached hydrogens (primary N) is 1. The quantitative estimate of drug-likeness (QED) is 0.698. The Bertz CT molecular complexity index is 209. The molecule has 0 amide bonds. The summed E-state index contributed by atoms with van der Waals surface area (Å²) >= 11 is 0. The Labute approximate surface area is 73.7 Å². The monoisotopic (exact) mass is 199 g/mol. The summed E-state index contributed by atoms with van der Waals surface area (Å²) in [5, 5.41) is -0.132. The van der Waals surface area contributed by atoms with E-state index in [9.17, 15) is 8.42 Å². The molecule has 1 aliphatic rings. The molecule has 0 aromatic rings. The van der Waals surface area contributed by atoms with Crippen molar-refractivity contribution in [1.29, 1.82) is 0 Å². The molecule has 0 aromatic carbocycles. The van der Waals surface area contributed by atoms with E-state index in [1.807, 2.05) is 0 Å². The second-order valence-corrected chi connectivity index (χ2v) is 5.37. The Balaban J connectivity index is 0.000001000. The Kier molecular flexibility index (Phi) is 3.80. The van der Waals surface area contributed by atoms with Gasteiger partial charge >= 0.3 is 0 Å². The van der Waals surface area contributed by atoms with Crippen LogP contribution in [0.25, 0.3) is 0 Å². The third-order valence-corrected chi connectivity index (χ3v) is 4.25. The molecule has 5 heteroatoms. The third kappa shape index (κ3) is 2.32. The van der Waals surface area contributed by atoms with Crippen LogP contribution in [-0.2, 0) is 9.84 Å². The maximum Gasteiger partial charge on any atom is 0.153 e. The first kappa shape index (κ1) is 11.2. The maximum absolute atomic E-state index is 11.1. The Hall–Kier alpha value is 0.200. The van der Waals surface area contributed by atoms with E-state index in [4.69, 9.17) is 5.73 Å². The fourth-order valence-electron chi connectivity index (χ4n) is 1.14. The van der Waals surface area contributed by atoms with E-state index in [0.29, 0.717) is 12.8 Å². The summed E-state index contributed by atoms with van der Waals surface area (Å²) in [5.41, 5.74) is 5.46. The number of halogens is 1. The molecule has 0 atom stereocenters. The number of hydrogen-bond donors (Lipinski definition) is 1. The van der Waals surface area contributed by atoms with Crippen molar-refractivity contribution in [2.45, 2.75) is 31.1 Å². The molecular weight excluding hydrogens is 186 g/mol. The maximum atomic E-state index is 11.1. The van der Waals surface area contributed by atoms with Gasteiger partial charge in [0.05, 0.1) is 5.25 Å². The van der Waals surface area contributed by atoms with Crippen molar-refractivity contribution in [3.05, 3.63) is 0 Å². The van der Waals surface area contributed by atoms with Gasteiger partial charge in [0.15, 0.2) is 9.84 Å². The fraction of sp³-hybridized carbons (Fsp3) is 1.00. The summed E-state index contributed by atoms with van der Waals surface area (Å²) in [5.74, 6) is 0.254. The number of sulfone groups is 1. The molecule has 2 N–H and O–H groups in total. The van der Waals surface area contributed by atoms with E-state index in [2.05, 4.69) is 0 Å². The highest BCUT2D eigenvalue weighted by Crippen LogP contribution is 2.25. The Morgan fingerprint density at radius 1 is 1.45 bits per heavy atom. The van der Waals surface area contributed by atoms with Crippen molar-refractivity contribution < 1.29 is 8.42 Å². The normalized spacial score (nSPS) is 30.4. The van der Waals surface area contributed by atoms with Gasteiger partial charge in [-0.2, -0.15) is 0 Å². The summed E-state index contributed by atoms with van der Waals surface area (Å²) in [6.45, 7) is 1.68. The molecule has 0 unspecified atom stereocenters. The van der Waals surface area contributed by atoms with Gasteiger partial charge in [0.25, 0.3) is 0 Å². The molecule has 0 bridgehead atoms. The van der Waals surface area contributed by atoms with E-state index in [-0.39, 0.29) is 29.5 Å². The Morgan fingerprint density at radius 2 is 1.91 bits per heavy atom. The molecule has 1 aliphatic carbocycles. The molecule has 0 aliphatic heterocycles. The van der Waals surface area contributed by atoms with Gasteiger partial charge in [-0.15, -0.1) is 12.4 Å². The van der Waals surface area contributed by atoms with Crippen molar-refractivity contribution >= 4 is 22.2 Å². The molecule has 1 rings (SSSR count). The zero-order valence-corrected chi connectivity index (χ0v) is 8.12. The van der Waals surface area contributed by atoms with Gasteiger partial charge in [0, 0.05) is 11.8 Å². The van der Waals surface area contributed by atoms with Crippen molar-refractivity contribution in [2.24, 2.45) is 5.73 Å². The Morgan fingerprint density at radius 3 is 2.18 bits per heavy atom. The highest BCUT2D eigenvalue weighted by molar-refractivity contribution is 7.92. The summed E-state index contributed by atoms with van der Waals surface area (Å²) in [6, 6.07) is 0.131. The first-order chi connectivity index (χ1) is 4.56. The molecule has 3 nitrogen and oxygen atoms in total. The molecule has 11 heavy (non-hydrogen) atoms. The largest absolute Gasteiger partial charge is 0.328 e. The van der Waals surface area contributed by atoms with E-state index >= 15 is 0 Å². The second-order valence-electron chi connectivity index (χ2n) is 2.81. The van der Waals surface area contributed by atoms with Crippen molar-refractivity contribution in [3.8, 4) is 0 Å². The van der Waals surface area contributed by atoms with Crippen molar-refractivity contribution in [3.63, 3.8) is 0 Å². The topological polar surface area (TPSA) is 60.2 Å². The first-order valence-corrected chi connectivity index (χ1v) is 5.25.